The number of hydrogen-bond acceptors (Lipinski definition) is 1. The first-order valence-corrected chi connectivity index (χ1v) is 9.65. The lowest BCUT2D eigenvalue weighted by Crippen LogP contribution is -2.04. The van der Waals surface area contributed by atoms with Crippen molar-refractivity contribution in [1.29, 1.82) is 0 Å². The molecule has 0 bridgehead atoms. The molecular weight excluding hydrogens is 299 g/mol. The predicted molar refractivity (Wildman–Crippen MR) is 99.3 cm³/mol. The maximum Gasteiger partial charge on any atom is 0.140 e. The zero-order chi connectivity index (χ0) is 16.0. The summed E-state index contributed by atoms with van der Waals surface area (Å²) in [6.07, 6.45) is 2.51. The lowest BCUT2D eigenvalue weighted by atomic mass is 10.2. The van der Waals surface area contributed by atoms with Crippen LogP contribution in [0.1, 0.15) is 11.1 Å². The minimum atomic E-state index is -2.64. The number of rotatable bonds is 5. The highest BCUT2D eigenvalue weighted by atomic mass is 31.2. The predicted octanol–water partition coefficient (Wildman–Crippen LogP) is 5.55. The summed E-state index contributed by atoms with van der Waals surface area (Å²) < 4.78 is 13.7. The number of benzene rings is 3. The van der Waals surface area contributed by atoms with Crippen molar-refractivity contribution < 1.29 is 4.57 Å². The van der Waals surface area contributed by atoms with Crippen LogP contribution >= 0.6 is 7.14 Å². The SMILES string of the molecule is O=P(/C=C/c1ccccc1)(Cc1ccccc1)c1ccccc1. The molecule has 114 valence electrons. The van der Waals surface area contributed by atoms with Gasteiger partial charge in [0.2, 0.25) is 0 Å². The van der Waals surface area contributed by atoms with Gasteiger partial charge in [0.1, 0.15) is 7.14 Å². The minimum absolute atomic E-state index is 0.543. The molecule has 0 saturated carbocycles. The van der Waals surface area contributed by atoms with E-state index in [0.29, 0.717) is 6.16 Å². The molecule has 0 heterocycles. The van der Waals surface area contributed by atoms with Gasteiger partial charge in [-0.3, -0.25) is 0 Å². The van der Waals surface area contributed by atoms with Crippen molar-refractivity contribution >= 4 is 18.5 Å². The Bertz CT molecular complexity index is 808. The Hall–Kier alpha value is -2.37. The quantitative estimate of drug-likeness (QED) is 0.564. The van der Waals surface area contributed by atoms with Gasteiger partial charge >= 0.3 is 0 Å². The maximum atomic E-state index is 13.7. The van der Waals surface area contributed by atoms with E-state index in [2.05, 4.69) is 0 Å². The van der Waals surface area contributed by atoms with E-state index in [1.807, 2.05) is 103 Å². The second-order valence-corrected chi connectivity index (χ2v) is 8.22. The molecule has 3 aromatic carbocycles. The van der Waals surface area contributed by atoms with Gasteiger partial charge in [0.05, 0.1) is 0 Å². The Labute approximate surface area is 137 Å². The highest BCUT2D eigenvalue weighted by Crippen LogP contribution is 2.49. The van der Waals surface area contributed by atoms with Crippen molar-refractivity contribution in [3.8, 4) is 0 Å². The average molecular weight is 318 g/mol. The fourth-order valence-corrected chi connectivity index (χ4v) is 4.84. The average Bonchev–Trinajstić information content (AvgIpc) is 2.63. The molecular formula is C21H19OP. The third kappa shape index (κ3) is 4.09. The summed E-state index contributed by atoms with van der Waals surface area (Å²) in [7, 11) is -2.64. The number of hydrogen-bond donors (Lipinski definition) is 0. The van der Waals surface area contributed by atoms with Crippen LogP contribution in [0.4, 0.5) is 0 Å². The molecule has 1 atom stereocenters. The van der Waals surface area contributed by atoms with Crippen LogP contribution in [0.3, 0.4) is 0 Å². The van der Waals surface area contributed by atoms with Crippen molar-refractivity contribution in [1.82, 2.24) is 0 Å². The molecule has 0 radical (unpaired) electrons. The highest BCUT2D eigenvalue weighted by molar-refractivity contribution is 7.73. The molecule has 0 amide bonds. The topological polar surface area (TPSA) is 17.1 Å². The fraction of sp³-hybridized carbons (Fsp3) is 0.0476. The van der Waals surface area contributed by atoms with Crippen LogP contribution < -0.4 is 5.30 Å². The van der Waals surface area contributed by atoms with Gasteiger partial charge in [-0.15, -0.1) is 0 Å². The first kappa shape index (κ1) is 15.5. The Kier molecular flexibility index (Phi) is 4.90. The minimum Gasteiger partial charge on any atom is -0.314 e. The van der Waals surface area contributed by atoms with Gasteiger partial charge < -0.3 is 4.57 Å². The summed E-state index contributed by atoms with van der Waals surface area (Å²) >= 11 is 0. The largest absolute Gasteiger partial charge is 0.314 e. The molecule has 0 aliphatic carbocycles. The van der Waals surface area contributed by atoms with E-state index >= 15 is 0 Å². The molecule has 1 unspecified atom stereocenters. The Morgan fingerprint density at radius 2 is 1.22 bits per heavy atom. The third-order valence-corrected chi connectivity index (χ3v) is 6.40. The summed E-state index contributed by atoms with van der Waals surface area (Å²) in [5.74, 6) is 1.89. The van der Waals surface area contributed by atoms with E-state index in [0.717, 1.165) is 16.4 Å². The first-order chi connectivity index (χ1) is 11.3. The zero-order valence-corrected chi connectivity index (χ0v) is 13.8. The molecule has 0 fully saturated rings. The lowest BCUT2D eigenvalue weighted by Gasteiger charge is -2.15. The molecule has 0 saturated heterocycles. The molecule has 0 aliphatic rings. The Morgan fingerprint density at radius 1 is 0.696 bits per heavy atom. The van der Waals surface area contributed by atoms with Crippen LogP contribution in [0.25, 0.3) is 6.08 Å². The molecule has 0 N–H and O–H groups in total. The summed E-state index contributed by atoms with van der Waals surface area (Å²) in [6.45, 7) is 0. The van der Waals surface area contributed by atoms with Gasteiger partial charge in [0, 0.05) is 11.5 Å². The van der Waals surface area contributed by atoms with Crippen LogP contribution in [-0.2, 0) is 10.7 Å². The van der Waals surface area contributed by atoms with E-state index in [1.54, 1.807) is 0 Å². The monoisotopic (exact) mass is 318 g/mol. The van der Waals surface area contributed by atoms with Gasteiger partial charge in [-0.05, 0) is 16.9 Å². The van der Waals surface area contributed by atoms with Crippen molar-refractivity contribution in [2.75, 3.05) is 0 Å². The van der Waals surface area contributed by atoms with Crippen LogP contribution in [0, 0.1) is 0 Å². The van der Waals surface area contributed by atoms with Gasteiger partial charge in [0.15, 0.2) is 0 Å². The lowest BCUT2D eigenvalue weighted by molar-refractivity contribution is 0.586. The second-order valence-electron chi connectivity index (χ2n) is 5.50. The van der Waals surface area contributed by atoms with E-state index in [9.17, 15) is 4.57 Å². The first-order valence-electron chi connectivity index (χ1n) is 7.69. The molecule has 2 heteroatoms. The van der Waals surface area contributed by atoms with E-state index in [-0.39, 0.29) is 0 Å². The standard InChI is InChI=1S/C21H19OP/c22-23(21-14-8-3-9-15-21,18-20-12-6-2-7-13-20)17-16-19-10-4-1-5-11-19/h1-17H,18H2/b17-16+. The highest BCUT2D eigenvalue weighted by Gasteiger charge is 2.21. The fourth-order valence-electron chi connectivity index (χ4n) is 2.54. The van der Waals surface area contributed by atoms with Crippen LogP contribution in [0.2, 0.25) is 0 Å². The molecule has 3 rings (SSSR count). The summed E-state index contributed by atoms with van der Waals surface area (Å²) in [5.41, 5.74) is 2.16. The summed E-state index contributed by atoms with van der Waals surface area (Å²) in [4.78, 5) is 0. The molecule has 0 aromatic heterocycles. The molecule has 1 nitrogen and oxygen atoms in total. The smallest absolute Gasteiger partial charge is 0.140 e. The second kappa shape index (κ2) is 7.26. The van der Waals surface area contributed by atoms with Gasteiger partial charge in [-0.25, -0.2) is 0 Å². The van der Waals surface area contributed by atoms with Crippen LogP contribution in [0.15, 0.2) is 96.8 Å². The molecule has 0 spiro atoms. The summed E-state index contributed by atoms with van der Waals surface area (Å²) in [6, 6.07) is 29.8. The third-order valence-electron chi connectivity index (χ3n) is 3.76. The van der Waals surface area contributed by atoms with E-state index in [4.69, 9.17) is 0 Å². The van der Waals surface area contributed by atoms with Crippen molar-refractivity contribution in [2.24, 2.45) is 0 Å². The molecule has 0 aliphatic heterocycles. The van der Waals surface area contributed by atoms with Crippen LogP contribution in [0.5, 0.6) is 0 Å². The molecule has 23 heavy (non-hydrogen) atoms. The van der Waals surface area contributed by atoms with Crippen molar-refractivity contribution in [2.45, 2.75) is 6.16 Å². The van der Waals surface area contributed by atoms with Crippen LogP contribution in [-0.4, -0.2) is 0 Å². The van der Waals surface area contributed by atoms with Gasteiger partial charge in [-0.1, -0.05) is 97.1 Å². The summed E-state index contributed by atoms with van der Waals surface area (Å²) in [5, 5.41) is 0.899. The maximum absolute atomic E-state index is 13.7. The van der Waals surface area contributed by atoms with Gasteiger partial charge in [0.25, 0.3) is 0 Å². The normalized spacial score (nSPS) is 13.7. The zero-order valence-electron chi connectivity index (χ0n) is 12.9. The Morgan fingerprint density at radius 3 is 1.83 bits per heavy atom. The van der Waals surface area contributed by atoms with Gasteiger partial charge in [-0.2, -0.15) is 0 Å². The van der Waals surface area contributed by atoms with Crippen molar-refractivity contribution in [3.05, 3.63) is 108 Å². The Balaban J connectivity index is 1.97. The van der Waals surface area contributed by atoms with Crippen molar-refractivity contribution in [3.63, 3.8) is 0 Å². The van der Waals surface area contributed by atoms with E-state index in [1.165, 1.54) is 0 Å². The van der Waals surface area contributed by atoms with E-state index < -0.39 is 7.14 Å². The molecule has 3 aromatic rings.